The monoisotopic (exact) mass is 257 g/mol. The molecule has 2 unspecified atom stereocenters. The van der Waals surface area contributed by atoms with Crippen LogP contribution in [0, 0.1) is 0 Å². The van der Waals surface area contributed by atoms with E-state index in [9.17, 15) is 0 Å². The minimum Gasteiger partial charge on any atom is -0.314 e. The number of piperazine rings is 1. The SMILES string of the molecule is CSC1CNCC1N1CCN(C(C)(C)C)CC1. The maximum atomic E-state index is 3.54. The van der Waals surface area contributed by atoms with E-state index in [4.69, 9.17) is 0 Å². The van der Waals surface area contributed by atoms with E-state index in [0.29, 0.717) is 5.54 Å². The molecular weight excluding hydrogens is 230 g/mol. The molecule has 17 heavy (non-hydrogen) atoms. The second kappa shape index (κ2) is 5.47. The van der Waals surface area contributed by atoms with Gasteiger partial charge in [-0.2, -0.15) is 11.8 Å². The normalized spacial score (nSPS) is 33.2. The highest BCUT2D eigenvalue weighted by Crippen LogP contribution is 2.23. The highest BCUT2D eigenvalue weighted by molar-refractivity contribution is 7.99. The van der Waals surface area contributed by atoms with Crippen molar-refractivity contribution in [2.45, 2.75) is 37.6 Å². The van der Waals surface area contributed by atoms with Gasteiger partial charge in [0.2, 0.25) is 0 Å². The lowest BCUT2D eigenvalue weighted by molar-refractivity contribution is 0.0468. The Bertz CT molecular complexity index is 244. The molecule has 0 aromatic heterocycles. The van der Waals surface area contributed by atoms with Crippen molar-refractivity contribution < 1.29 is 0 Å². The minimum atomic E-state index is 0.332. The van der Waals surface area contributed by atoms with E-state index in [-0.39, 0.29) is 0 Å². The van der Waals surface area contributed by atoms with Gasteiger partial charge in [0.25, 0.3) is 0 Å². The first-order valence-corrected chi connectivity index (χ1v) is 8.04. The van der Waals surface area contributed by atoms with E-state index in [1.54, 1.807) is 0 Å². The van der Waals surface area contributed by atoms with Gasteiger partial charge < -0.3 is 5.32 Å². The van der Waals surface area contributed by atoms with E-state index in [1.807, 2.05) is 11.8 Å². The molecule has 0 aromatic carbocycles. The quantitative estimate of drug-likeness (QED) is 0.798. The Morgan fingerprint density at radius 3 is 2.24 bits per heavy atom. The van der Waals surface area contributed by atoms with Crippen molar-refractivity contribution in [2.75, 3.05) is 45.5 Å². The van der Waals surface area contributed by atoms with Gasteiger partial charge in [0.15, 0.2) is 0 Å². The van der Waals surface area contributed by atoms with Crippen LogP contribution in [0.1, 0.15) is 20.8 Å². The molecule has 2 saturated heterocycles. The molecule has 0 amide bonds. The molecule has 0 saturated carbocycles. The van der Waals surface area contributed by atoms with Gasteiger partial charge >= 0.3 is 0 Å². The van der Waals surface area contributed by atoms with Crippen LogP contribution in [0.25, 0.3) is 0 Å². The molecule has 2 fully saturated rings. The molecule has 1 N–H and O–H groups in total. The van der Waals surface area contributed by atoms with Crippen molar-refractivity contribution in [3.8, 4) is 0 Å². The first-order valence-electron chi connectivity index (χ1n) is 6.75. The smallest absolute Gasteiger partial charge is 0.0352 e. The molecule has 0 radical (unpaired) electrons. The topological polar surface area (TPSA) is 18.5 Å². The third kappa shape index (κ3) is 3.16. The lowest BCUT2D eigenvalue weighted by Gasteiger charge is -2.44. The Labute approximate surface area is 110 Å². The second-order valence-corrected chi connectivity index (χ2v) is 7.27. The summed E-state index contributed by atoms with van der Waals surface area (Å²) in [6.45, 7) is 14.3. The first kappa shape index (κ1) is 13.7. The van der Waals surface area contributed by atoms with Crippen molar-refractivity contribution in [1.82, 2.24) is 15.1 Å². The van der Waals surface area contributed by atoms with Gasteiger partial charge in [-0.3, -0.25) is 9.80 Å². The lowest BCUT2D eigenvalue weighted by Crippen LogP contribution is -2.57. The lowest BCUT2D eigenvalue weighted by atomic mass is 10.0. The molecule has 100 valence electrons. The molecule has 2 aliphatic heterocycles. The Balaban J connectivity index is 1.86. The maximum Gasteiger partial charge on any atom is 0.0352 e. The molecule has 0 bridgehead atoms. The Morgan fingerprint density at radius 1 is 1.06 bits per heavy atom. The summed E-state index contributed by atoms with van der Waals surface area (Å²) in [5, 5.41) is 4.32. The number of hydrogen-bond donors (Lipinski definition) is 1. The van der Waals surface area contributed by atoms with Crippen LogP contribution in [-0.2, 0) is 0 Å². The van der Waals surface area contributed by atoms with Crippen molar-refractivity contribution >= 4 is 11.8 Å². The van der Waals surface area contributed by atoms with E-state index < -0.39 is 0 Å². The standard InChI is InChI=1S/C13H27N3S/c1-13(2,3)16-7-5-15(6-8-16)11-9-14-10-12(11)17-4/h11-12,14H,5-10H2,1-4H3. The molecule has 2 heterocycles. The molecule has 0 aromatic rings. The van der Waals surface area contributed by atoms with E-state index in [2.05, 4.69) is 42.1 Å². The Morgan fingerprint density at radius 2 is 1.71 bits per heavy atom. The number of thioether (sulfide) groups is 1. The summed E-state index contributed by atoms with van der Waals surface area (Å²) in [5.41, 5.74) is 0.332. The number of nitrogens with one attached hydrogen (secondary N) is 1. The second-order valence-electron chi connectivity index (χ2n) is 6.19. The highest BCUT2D eigenvalue weighted by Gasteiger charge is 2.34. The highest BCUT2D eigenvalue weighted by atomic mass is 32.2. The summed E-state index contributed by atoms with van der Waals surface area (Å²) in [6, 6.07) is 0.757. The van der Waals surface area contributed by atoms with Crippen molar-refractivity contribution in [3.05, 3.63) is 0 Å². The predicted molar refractivity (Wildman–Crippen MR) is 76.9 cm³/mol. The van der Waals surface area contributed by atoms with Gasteiger partial charge in [0, 0.05) is 56.1 Å². The zero-order valence-corrected chi connectivity index (χ0v) is 12.5. The van der Waals surface area contributed by atoms with Crippen molar-refractivity contribution in [3.63, 3.8) is 0 Å². The van der Waals surface area contributed by atoms with Crippen molar-refractivity contribution in [1.29, 1.82) is 0 Å². The average Bonchev–Trinajstić information content (AvgIpc) is 2.76. The average molecular weight is 257 g/mol. The maximum absolute atomic E-state index is 3.54. The minimum absolute atomic E-state index is 0.332. The summed E-state index contributed by atoms with van der Waals surface area (Å²) >= 11 is 2.02. The summed E-state index contributed by atoms with van der Waals surface area (Å²) in [6.07, 6.45) is 2.25. The molecular formula is C13H27N3S. The number of rotatable bonds is 2. The van der Waals surface area contributed by atoms with Gasteiger partial charge in [-0.25, -0.2) is 0 Å². The summed E-state index contributed by atoms with van der Waals surface area (Å²) < 4.78 is 0. The van der Waals surface area contributed by atoms with Crippen molar-refractivity contribution in [2.24, 2.45) is 0 Å². The Kier molecular flexibility index (Phi) is 4.40. The largest absolute Gasteiger partial charge is 0.314 e. The molecule has 0 spiro atoms. The third-order valence-electron chi connectivity index (χ3n) is 4.16. The van der Waals surface area contributed by atoms with Crippen LogP contribution < -0.4 is 5.32 Å². The van der Waals surface area contributed by atoms with Gasteiger partial charge in [-0.05, 0) is 27.0 Å². The number of nitrogens with zero attached hydrogens (tertiary/aromatic N) is 2. The first-order chi connectivity index (χ1) is 8.02. The fraction of sp³-hybridized carbons (Fsp3) is 1.00. The van der Waals surface area contributed by atoms with Crippen LogP contribution >= 0.6 is 11.8 Å². The predicted octanol–water partition coefficient (Wildman–Crippen LogP) is 1.11. The zero-order valence-electron chi connectivity index (χ0n) is 11.7. The van der Waals surface area contributed by atoms with Gasteiger partial charge in [-0.1, -0.05) is 0 Å². The van der Waals surface area contributed by atoms with Gasteiger partial charge in [0.05, 0.1) is 0 Å². The zero-order chi connectivity index (χ0) is 12.5. The van der Waals surface area contributed by atoms with Crippen LogP contribution in [0.2, 0.25) is 0 Å². The van der Waals surface area contributed by atoms with Crippen LogP contribution in [0.3, 0.4) is 0 Å². The molecule has 2 rings (SSSR count). The summed E-state index contributed by atoms with van der Waals surface area (Å²) in [4.78, 5) is 5.31. The fourth-order valence-electron chi connectivity index (χ4n) is 2.97. The van der Waals surface area contributed by atoms with E-state index >= 15 is 0 Å². The van der Waals surface area contributed by atoms with Crippen LogP contribution in [0.5, 0.6) is 0 Å². The van der Waals surface area contributed by atoms with Crippen LogP contribution in [-0.4, -0.2) is 72.2 Å². The molecule has 3 nitrogen and oxygen atoms in total. The van der Waals surface area contributed by atoms with Crippen LogP contribution in [0.4, 0.5) is 0 Å². The fourth-order valence-corrected chi connectivity index (χ4v) is 3.84. The third-order valence-corrected chi connectivity index (χ3v) is 5.25. The molecule has 0 aliphatic carbocycles. The van der Waals surface area contributed by atoms with E-state index in [1.165, 1.54) is 39.3 Å². The number of hydrogen-bond acceptors (Lipinski definition) is 4. The van der Waals surface area contributed by atoms with Gasteiger partial charge in [-0.15, -0.1) is 0 Å². The molecule has 4 heteroatoms. The Hall–Kier alpha value is 0.230. The summed E-state index contributed by atoms with van der Waals surface area (Å²) in [5.74, 6) is 0. The van der Waals surface area contributed by atoms with Crippen LogP contribution in [0.15, 0.2) is 0 Å². The molecule has 2 atom stereocenters. The van der Waals surface area contributed by atoms with Gasteiger partial charge in [0.1, 0.15) is 0 Å². The van der Waals surface area contributed by atoms with E-state index in [0.717, 1.165) is 11.3 Å². The summed E-state index contributed by atoms with van der Waals surface area (Å²) in [7, 11) is 0. The molecule has 2 aliphatic rings.